The van der Waals surface area contributed by atoms with Crippen LogP contribution in [0.5, 0.6) is 0 Å². The minimum Gasteiger partial charge on any atom is -0.480 e. The zero-order valence-corrected chi connectivity index (χ0v) is 9.10. The normalized spacial score (nSPS) is 14.7. The van der Waals surface area contributed by atoms with Gasteiger partial charge in [0.25, 0.3) is 0 Å². The molecule has 0 spiro atoms. The Bertz CT molecular complexity index is 201. The molecule has 0 fully saturated rings. The van der Waals surface area contributed by atoms with Crippen molar-refractivity contribution in [2.45, 2.75) is 12.5 Å². The molecule has 14 heavy (non-hydrogen) atoms. The maximum atomic E-state index is 10.8. The second kappa shape index (κ2) is 6.80. The Morgan fingerprint density at radius 2 is 2.29 bits per heavy atom. The van der Waals surface area contributed by atoms with Crippen LogP contribution in [0.3, 0.4) is 0 Å². The van der Waals surface area contributed by atoms with Crippen LogP contribution in [0.1, 0.15) is 6.92 Å². The zero-order valence-electron chi connectivity index (χ0n) is 8.21. The van der Waals surface area contributed by atoms with Crippen molar-refractivity contribution >= 4 is 24.8 Å². The van der Waals surface area contributed by atoms with Crippen LogP contribution in [-0.4, -0.2) is 48.2 Å². The molecular weight excluding hydrogens is 202 g/mol. The molecule has 0 aliphatic heterocycles. The van der Waals surface area contributed by atoms with Gasteiger partial charge in [-0.25, -0.2) is 0 Å². The Labute approximate surface area is 89.2 Å². The van der Waals surface area contributed by atoms with Gasteiger partial charge in [-0.3, -0.25) is 4.79 Å². The van der Waals surface area contributed by atoms with E-state index in [0.717, 1.165) is 0 Å². The number of carbonyl (C=O) groups is 1. The number of aliphatic carboxylic acids is 1. The number of carboxylic acid groups (broad SMARTS) is 1. The summed E-state index contributed by atoms with van der Waals surface area (Å²) >= 11 is 3.98. The maximum Gasteiger partial charge on any atom is 0.324 e. The van der Waals surface area contributed by atoms with Crippen LogP contribution in [0, 0.1) is 5.41 Å². The van der Waals surface area contributed by atoms with Crippen LogP contribution < -0.4 is 10.6 Å². The molecule has 0 aliphatic rings. The summed E-state index contributed by atoms with van der Waals surface area (Å²) in [4.78, 5) is 10.8. The minimum absolute atomic E-state index is 0.243. The highest BCUT2D eigenvalue weighted by molar-refractivity contribution is 7.80. The predicted octanol–water partition coefficient (Wildman–Crippen LogP) is -0.412. The molecule has 6 heteroatoms. The Hall–Kier alpha value is -0.590. The highest BCUT2D eigenvalue weighted by Crippen LogP contribution is 2.05. The molecule has 1 atom stereocenters. The van der Waals surface area contributed by atoms with Gasteiger partial charge in [0.1, 0.15) is 5.54 Å². The highest BCUT2D eigenvalue weighted by Gasteiger charge is 2.30. The number of rotatable bonds is 8. The Morgan fingerprint density at radius 3 is 2.71 bits per heavy atom. The van der Waals surface area contributed by atoms with Gasteiger partial charge < -0.3 is 21.1 Å². The lowest BCUT2D eigenvalue weighted by Crippen LogP contribution is -2.53. The number of carboxylic acids is 1. The first-order valence-corrected chi connectivity index (χ1v) is 4.99. The first kappa shape index (κ1) is 13.4. The van der Waals surface area contributed by atoms with E-state index in [1.807, 2.05) is 0 Å². The molecule has 0 saturated heterocycles. The van der Waals surface area contributed by atoms with E-state index in [0.29, 0.717) is 19.6 Å². The monoisotopic (exact) mass is 219 g/mol. The molecule has 0 saturated carbocycles. The second-order valence-electron chi connectivity index (χ2n) is 3.13. The van der Waals surface area contributed by atoms with Crippen LogP contribution >= 0.6 is 12.6 Å². The summed E-state index contributed by atoms with van der Waals surface area (Å²) in [6.07, 6.45) is 1.26. The molecule has 0 aliphatic carbocycles. The first-order valence-electron chi connectivity index (χ1n) is 4.36. The molecule has 0 heterocycles. The van der Waals surface area contributed by atoms with Gasteiger partial charge in [0.05, 0.1) is 0 Å². The number of thiol groups is 1. The van der Waals surface area contributed by atoms with E-state index in [1.165, 1.54) is 6.21 Å². The smallest absolute Gasteiger partial charge is 0.324 e. The van der Waals surface area contributed by atoms with Crippen molar-refractivity contribution in [3.8, 4) is 0 Å². The van der Waals surface area contributed by atoms with Crippen LogP contribution in [0.25, 0.3) is 0 Å². The fourth-order valence-corrected chi connectivity index (χ4v) is 1.05. The van der Waals surface area contributed by atoms with Crippen molar-refractivity contribution in [3.05, 3.63) is 0 Å². The van der Waals surface area contributed by atoms with Crippen molar-refractivity contribution in [3.63, 3.8) is 0 Å². The van der Waals surface area contributed by atoms with Crippen molar-refractivity contribution in [1.82, 2.24) is 10.6 Å². The Morgan fingerprint density at radius 1 is 1.64 bits per heavy atom. The third kappa shape index (κ3) is 4.59. The molecule has 0 bridgehead atoms. The average Bonchev–Trinajstić information content (AvgIpc) is 2.17. The van der Waals surface area contributed by atoms with Crippen molar-refractivity contribution in [2.24, 2.45) is 0 Å². The van der Waals surface area contributed by atoms with E-state index in [2.05, 4.69) is 23.3 Å². The Balaban J connectivity index is 3.73. The lowest BCUT2D eigenvalue weighted by atomic mass is 10.1. The predicted molar refractivity (Wildman–Crippen MR) is 59.5 cm³/mol. The van der Waals surface area contributed by atoms with E-state index in [-0.39, 0.29) is 5.75 Å². The van der Waals surface area contributed by atoms with E-state index in [1.54, 1.807) is 6.92 Å². The topological polar surface area (TPSA) is 85.2 Å². The highest BCUT2D eigenvalue weighted by atomic mass is 32.1. The van der Waals surface area contributed by atoms with Gasteiger partial charge in [-0.15, -0.1) is 0 Å². The maximum absolute atomic E-state index is 10.8. The average molecular weight is 219 g/mol. The third-order valence-electron chi connectivity index (χ3n) is 1.85. The quantitative estimate of drug-likeness (QED) is 0.218. The van der Waals surface area contributed by atoms with E-state index in [4.69, 9.17) is 10.5 Å². The standard InChI is InChI=1S/C8H17N3O2S/c1-8(6-14,7(12)13)11-5-4-10-3-2-9/h2,9-11,14H,3-6H2,1H3,(H,12,13)/t8-/m0/s1. The zero-order chi connectivity index (χ0) is 11.0. The summed E-state index contributed by atoms with van der Waals surface area (Å²) in [7, 11) is 0. The Kier molecular flexibility index (Phi) is 6.52. The van der Waals surface area contributed by atoms with Crippen LogP contribution in [-0.2, 0) is 4.79 Å². The lowest BCUT2D eigenvalue weighted by Gasteiger charge is -2.24. The molecule has 82 valence electrons. The minimum atomic E-state index is -0.977. The van der Waals surface area contributed by atoms with Crippen molar-refractivity contribution in [1.29, 1.82) is 5.41 Å². The van der Waals surface area contributed by atoms with E-state index < -0.39 is 11.5 Å². The number of hydrogen-bond acceptors (Lipinski definition) is 5. The molecule has 0 aromatic heterocycles. The van der Waals surface area contributed by atoms with Gasteiger partial charge in [-0.2, -0.15) is 12.6 Å². The molecule has 0 aromatic carbocycles. The van der Waals surface area contributed by atoms with Gasteiger partial charge in [-0.1, -0.05) is 0 Å². The number of hydrogen-bond donors (Lipinski definition) is 5. The summed E-state index contributed by atoms with van der Waals surface area (Å²) in [5.41, 5.74) is -0.977. The lowest BCUT2D eigenvalue weighted by molar-refractivity contribution is -0.143. The van der Waals surface area contributed by atoms with E-state index in [9.17, 15) is 4.79 Å². The third-order valence-corrected chi connectivity index (χ3v) is 2.48. The summed E-state index contributed by atoms with van der Waals surface area (Å²) < 4.78 is 0. The van der Waals surface area contributed by atoms with Gasteiger partial charge >= 0.3 is 5.97 Å². The first-order chi connectivity index (χ1) is 6.56. The van der Waals surface area contributed by atoms with Gasteiger partial charge in [0.2, 0.25) is 0 Å². The van der Waals surface area contributed by atoms with Crippen LogP contribution in [0.4, 0.5) is 0 Å². The molecule has 0 aromatic rings. The molecule has 5 nitrogen and oxygen atoms in total. The summed E-state index contributed by atoms with van der Waals surface area (Å²) in [5.74, 6) is -0.660. The van der Waals surface area contributed by atoms with Crippen LogP contribution in [0.15, 0.2) is 0 Å². The second-order valence-corrected chi connectivity index (χ2v) is 3.45. The van der Waals surface area contributed by atoms with Gasteiger partial charge in [0, 0.05) is 31.6 Å². The largest absolute Gasteiger partial charge is 0.480 e. The molecular formula is C8H17N3O2S. The fourth-order valence-electron chi connectivity index (χ4n) is 0.800. The SMILES string of the molecule is C[C@@](CS)(NCCNCC=N)C(=O)O. The number of nitrogens with one attached hydrogen (secondary N) is 3. The molecule has 0 amide bonds. The van der Waals surface area contributed by atoms with Gasteiger partial charge in [-0.05, 0) is 6.92 Å². The summed E-state index contributed by atoms with van der Waals surface area (Å²) in [5, 5.41) is 21.5. The molecule has 0 radical (unpaired) electrons. The molecule has 4 N–H and O–H groups in total. The summed E-state index contributed by atoms with van der Waals surface area (Å²) in [6.45, 7) is 3.27. The fraction of sp³-hybridized carbons (Fsp3) is 0.750. The van der Waals surface area contributed by atoms with E-state index >= 15 is 0 Å². The summed E-state index contributed by atoms with van der Waals surface area (Å²) in [6, 6.07) is 0. The van der Waals surface area contributed by atoms with Crippen molar-refractivity contribution in [2.75, 3.05) is 25.4 Å². The van der Waals surface area contributed by atoms with Gasteiger partial charge in [0.15, 0.2) is 0 Å². The molecule has 0 rings (SSSR count). The van der Waals surface area contributed by atoms with Crippen LogP contribution in [0.2, 0.25) is 0 Å². The molecule has 0 unspecified atom stereocenters. The van der Waals surface area contributed by atoms with Crippen molar-refractivity contribution < 1.29 is 9.90 Å².